The number of hydrogen-bond acceptors (Lipinski definition) is 5. The van der Waals surface area contributed by atoms with Crippen molar-refractivity contribution in [2.75, 3.05) is 18.4 Å². The maximum Gasteiger partial charge on any atom is 0.249 e. The minimum absolute atomic E-state index is 0.0438. The molecule has 8 nitrogen and oxygen atoms in total. The van der Waals surface area contributed by atoms with Crippen molar-refractivity contribution < 1.29 is 9.59 Å². The fourth-order valence-electron chi connectivity index (χ4n) is 3.17. The summed E-state index contributed by atoms with van der Waals surface area (Å²) in [5.74, 6) is -0.516. The highest BCUT2D eigenvalue weighted by molar-refractivity contribution is 7.16. The van der Waals surface area contributed by atoms with Crippen molar-refractivity contribution >= 4 is 40.2 Å². The Morgan fingerprint density at radius 1 is 1.33 bits per heavy atom. The Morgan fingerprint density at radius 2 is 2.10 bits per heavy atom. The average molecular weight is 423 g/mol. The lowest BCUT2D eigenvalue weighted by Crippen LogP contribution is -2.38. The van der Waals surface area contributed by atoms with Crippen LogP contribution in [0.4, 0.5) is 5.00 Å². The largest absolute Gasteiger partial charge is 0.370 e. The third-order valence-corrected chi connectivity index (χ3v) is 5.77. The Balaban J connectivity index is 1.66. The van der Waals surface area contributed by atoms with Gasteiger partial charge in [-0.05, 0) is 23.6 Å². The highest BCUT2D eigenvalue weighted by atomic mass is 32.1. The first kappa shape index (κ1) is 21.1. The number of amides is 2. The van der Waals surface area contributed by atoms with Crippen LogP contribution in [-0.2, 0) is 22.6 Å². The van der Waals surface area contributed by atoms with Crippen LogP contribution in [0.3, 0.4) is 0 Å². The van der Waals surface area contributed by atoms with Gasteiger partial charge in [-0.3, -0.25) is 15.0 Å². The zero-order chi connectivity index (χ0) is 21.5. The Hall–Kier alpha value is -3.64. The number of fused-ring (bicyclic) bond motifs is 1. The number of anilines is 1. The quantitative estimate of drug-likeness (QED) is 0.321. The molecule has 5 N–H and O–H groups in total. The van der Waals surface area contributed by atoms with Crippen molar-refractivity contribution in [1.29, 1.82) is 10.7 Å². The van der Waals surface area contributed by atoms with E-state index in [1.54, 1.807) is 11.0 Å². The van der Waals surface area contributed by atoms with Crippen molar-refractivity contribution in [3.63, 3.8) is 0 Å². The minimum atomic E-state index is -0.308. The van der Waals surface area contributed by atoms with Gasteiger partial charge in [-0.15, -0.1) is 11.3 Å². The lowest BCUT2D eigenvalue weighted by molar-refractivity contribution is -0.131. The lowest BCUT2D eigenvalue weighted by Gasteiger charge is -2.27. The number of guanidine groups is 1. The standard InChI is InChI=1S/C21H22N6O2S/c22-12-16-15-9-11-27(19(29)8-10-25-21(23)24)13-17(15)30-20(16)26-18(28)7-6-14-4-2-1-3-5-14/h1-7H,8-11,13H2,(H,26,28)(H4,23,24,25)/b7-6+. The van der Waals surface area contributed by atoms with Gasteiger partial charge in [0, 0.05) is 30.5 Å². The molecule has 9 heteroatoms. The van der Waals surface area contributed by atoms with Crippen LogP contribution in [0.5, 0.6) is 0 Å². The van der Waals surface area contributed by atoms with E-state index in [4.69, 9.17) is 11.1 Å². The van der Waals surface area contributed by atoms with Crippen LogP contribution in [-0.4, -0.2) is 35.8 Å². The van der Waals surface area contributed by atoms with Crippen molar-refractivity contribution in [3.8, 4) is 6.07 Å². The summed E-state index contributed by atoms with van der Waals surface area (Å²) < 4.78 is 0. The summed E-state index contributed by atoms with van der Waals surface area (Å²) in [5, 5.41) is 22.7. The van der Waals surface area contributed by atoms with Gasteiger partial charge in [-0.1, -0.05) is 30.3 Å². The molecule has 0 saturated heterocycles. The SMILES string of the molecule is N#Cc1c(NC(=O)/C=C/c2ccccc2)sc2c1CCN(C(=O)CCNC(=N)N)C2. The predicted molar refractivity (Wildman–Crippen MR) is 117 cm³/mol. The summed E-state index contributed by atoms with van der Waals surface area (Å²) >= 11 is 1.33. The molecule has 0 fully saturated rings. The molecule has 30 heavy (non-hydrogen) atoms. The molecule has 1 aliphatic heterocycles. The first-order valence-electron chi connectivity index (χ1n) is 9.42. The zero-order valence-corrected chi connectivity index (χ0v) is 17.1. The van der Waals surface area contributed by atoms with E-state index >= 15 is 0 Å². The van der Waals surface area contributed by atoms with Crippen LogP contribution in [0.1, 0.15) is 28.0 Å². The number of hydrogen-bond donors (Lipinski definition) is 4. The topological polar surface area (TPSA) is 135 Å². The summed E-state index contributed by atoms with van der Waals surface area (Å²) in [6.07, 6.45) is 3.95. The maximum absolute atomic E-state index is 12.4. The molecule has 0 saturated carbocycles. The van der Waals surface area contributed by atoms with E-state index in [0.29, 0.717) is 36.6 Å². The molecule has 1 aliphatic rings. The molecule has 0 radical (unpaired) electrons. The first-order chi connectivity index (χ1) is 14.5. The molecular formula is C21H22N6O2S. The van der Waals surface area contributed by atoms with E-state index in [9.17, 15) is 14.9 Å². The molecule has 154 valence electrons. The number of carbonyl (C=O) groups excluding carboxylic acids is 2. The Morgan fingerprint density at radius 3 is 2.80 bits per heavy atom. The summed E-state index contributed by atoms with van der Waals surface area (Å²) in [6, 6.07) is 11.7. The van der Waals surface area contributed by atoms with Gasteiger partial charge in [0.1, 0.15) is 11.1 Å². The van der Waals surface area contributed by atoms with Crippen LogP contribution < -0.4 is 16.4 Å². The number of rotatable bonds is 6. The molecule has 2 heterocycles. The number of thiophene rings is 1. The van der Waals surface area contributed by atoms with Gasteiger partial charge in [0.25, 0.3) is 0 Å². The van der Waals surface area contributed by atoms with Crippen LogP contribution in [0.15, 0.2) is 36.4 Å². The molecule has 1 aromatic carbocycles. The van der Waals surface area contributed by atoms with Gasteiger partial charge in [0.05, 0.1) is 12.1 Å². The number of nitrogens with one attached hydrogen (secondary N) is 3. The van der Waals surface area contributed by atoms with Gasteiger partial charge in [-0.2, -0.15) is 5.26 Å². The summed E-state index contributed by atoms with van der Waals surface area (Å²) in [6.45, 7) is 1.22. The van der Waals surface area contributed by atoms with Gasteiger partial charge in [0.2, 0.25) is 11.8 Å². The van der Waals surface area contributed by atoms with Gasteiger partial charge >= 0.3 is 0 Å². The van der Waals surface area contributed by atoms with Crippen LogP contribution in [0.25, 0.3) is 6.08 Å². The van der Waals surface area contributed by atoms with Crippen LogP contribution in [0, 0.1) is 16.7 Å². The first-order valence-corrected chi connectivity index (χ1v) is 10.2. The Labute approximate surface area is 178 Å². The van der Waals surface area contributed by atoms with Crippen molar-refractivity contribution in [2.45, 2.75) is 19.4 Å². The summed E-state index contributed by atoms with van der Waals surface area (Å²) in [5.41, 5.74) is 7.51. The number of benzene rings is 1. The fourth-order valence-corrected chi connectivity index (χ4v) is 4.39. The monoisotopic (exact) mass is 422 g/mol. The fraction of sp³-hybridized carbons (Fsp3) is 0.238. The maximum atomic E-state index is 12.4. The minimum Gasteiger partial charge on any atom is -0.370 e. The molecule has 0 spiro atoms. The second kappa shape index (κ2) is 9.71. The molecule has 2 aromatic rings. The van der Waals surface area contributed by atoms with E-state index in [1.807, 2.05) is 30.3 Å². The highest BCUT2D eigenvalue weighted by Crippen LogP contribution is 2.36. The lowest BCUT2D eigenvalue weighted by atomic mass is 10.0. The third-order valence-electron chi connectivity index (χ3n) is 4.64. The third kappa shape index (κ3) is 5.24. The second-order valence-corrected chi connectivity index (χ2v) is 7.81. The number of carbonyl (C=O) groups is 2. The van der Waals surface area contributed by atoms with E-state index in [1.165, 1.54) is 17.4 Å². The molecule has 0 bridgehead atoms. The second-order valence-electron chi connectivity index (χ2n) is 6.71. The molecule has 3 rings (SSSR count). The van der Waals surface area contributed by atoms with Crippen molar-refractivity contribution in [1.82, 2.24) is 10.2 Å². The van der Waals surface area contributed by atoms with Crippen LogP contribution in [0.2, 0.25) is 0 Å². The zero-order valence-electron chi connectivity index (χ0n) is 16.3. The molecule has 0 aliphatic carbocycles. The molecule has 1 aromatic heterocycles. The Bertz CT molecular complexity index is 1020. The number of nitrogens with zero attached hydrogens (tertiary/aromatic N) is 2. The number of nitrogens with two attached hydrogens (primary N) is 1. The van der Waals surface area contributed by atoms with Crippen molar-refractivity contribution in [3.05, 3.63) is 58.0 Å². The van der Waals surface area contributed by atoms with Gasteiger partial charge < -0.3 is 21.3 Å². The predicted octanol–water partition coefficient (Wildman–Crippen LogP) is 2.03. The molecule has 0 atom stereocenters. The smallest absolute Gasteiger partial charge is 0.249 e. The highest BCUT2D eigenvalue weighted by Gasteiger charge is 2.27. The molecule has 2 amide bonds. The van der Waals surface area contributed by atoms with Gasteiger partial charge in [0.15, 0.2) is 5.96 Å². The van der Waals surface area contributed by atoms with E-state index in [0.717, 1.165) is 16.0 Å². The number of nitriles is 1. The normalized spacial score (nSPS) is 12.8. The summed E-state index contributed by atoms with van der Waals surface area (Å²) in [7, 11) is 0. The van der Waals surface area contributed by atoms with E-state index in [-0.39, 0.29) is 24.2 Å². The van der Waals surface area contributed by atoms with E-state index < -0.39 is 0 Å². The van der Waals surface area contributed by atoms with Gasteiger partial charge in [-0.25, -0.2) is 0 Å². The summed E-state index contributed by atoms with van der Waals surface area (Å²) in [4.78, 5) is 27.3. The average Bonchev–Trinajstić information content (AvgIpc) is 3.08. The molecule has 0 unspecified atom stereocenters. The Kier molecular flexibility index (Phi) is 6.83. The van der Waals surface area contributed by atoms with Crippen molar-refractivity contribution in [2.24, 2.45) is 5.73 Å². The van der Waals surface area contributed by atoms with Crippen LogP contribution >= 0.6 is 11.3 Å². The van der Waals surface area contributed by atoms with E-state index in [2.05, 4.69) is 16.7 Å². The molecular weight excluding hydrogens is 400 g/mol.